The Kier molecular flexibility index (Phi) is 11.8. The summed E-state index contributed by atoms with van der Waals surface area (Å²) in [6.45, 7) is 1.16. The van der Waals surface area contributed by atoms with Crippen molar-refractivity contribution in [2.75, 3.05) is 33.4 Å². The van der Waals surface area contributed by atoms with E-state index < -0.39 is 12.6 Å². The zero-order valence-electron chi connectivity index (χ0n) is 9.60. The third kappa shape index (κ3) is 15.5. The predicted molar refractivity (Wildman–Crippen MR) is 60.3 cm³/mol. The molecule has 4 nitrogen and oxygen atoms in total. The van der Waals surface area contributed by atoms with E-state index in [9.17, 15) is 18.0 Å². The number of methoxy groups -OCH3 is 1. The molecular weight excluding hydrogens is 261 g/mol. The summed E-state index contributed by atoms with van der Waals surface area (Å²) in [6, 6.07) is 0. The molecule has 0 unspecified atom stereocenters. The topological polar surface area (TPSA) is 50.4 Å². The summed E-state index contributed by atoms with van der Waals surface area (Å²) in [5.41, 5.74) is 0. The first-order valence-corrected chi connectivity index (χ1v) is 4.99. The lowest BCUT2D eigenvalue weighted by Gasteiger charge is -2.08. The quantitative estimate of drug-likeness (QED) is 0.654. The van der Waals surface area contributed by atoms with Crippen LogP contribution in [0.15, 0.2) is 0 Å². The van der Waals surface area contributed by atoms with Crippen LogP contribution in [0.4, 0.5) is 13.2 Å². The smallest absolute Gasteiger partial charge is 0.383 e. The number of hydrogen-bond acceptors (Lipinski definition) is 3. The lowest BCUT2D eigenvalue weighted by Crippen LogP contribution is -2.35. The maximum absolute atomic E-state index is 11.7. The Morgan fingerprint density at radius 2 is 1.94 bits per heavy atom. The van der Waals surface area contributed by atoms with Gasteiger partial charge in [-0.3, -0.25) is 4.79 Å². The molecule has 104 valence electrons. The lowest BCUT2D eigenvalue weighted by molar-refractivity contribution is -0.136. The van der Waals surface area contributed by atoms with Gasteiger partial charge in [0.25, 0.3) is 0 Å². The number of amides is 1. The minimum Gasteiger partial charge on any atom is -0.383 e. The standard InChI is InChI=1S/C9H17F3N2O2.ClH/c1-16-6-5-13-7-8(15)14-4-2-3-9(10,11)12;/h13H,2-7H2,1H3,(H,14,15);1H. The second-order valence-corrected chi connectivity index (χ2v) is 3.24. The van der Waals surface area contributed by atoms with Gasteiger partial charge in [-0.05, 0) is 6.42 Å². The van der Waals surface area contributed by atoms with Crippen molar-refractivity contribution < 1.29 is 22.7 Å². The Labute approximate surface area is 105 Å². The highest BCUT2D eigenvalue weighted by atomic mass is 35.5. The molecule has 0 rings (SSSR count). The molecule has 0 radical (unpaired) electrons. The summed E-state index contributed by atoms with van der Waals surface area (Å²) in [6.07, 6.45) is -5.11. The average Bonchev–Trinajstić information content (AvgIpc) is 2.18. The van der Waals surface area contributed by atoms with Crippen molar-refractivity contribution in [3.05, 3.63) is 0 Å². The van der Waals surface area contributed by atoms with Gasteiger partial charge in [0.05, 0.1) is 13.2 Å². The van der Waals surface area contributed by atoms with Gasteiger partial charge in [-0.15, -0.1) is 12.4 Å². The van der Waals surface area contributed by atoms with Crippen LogP contribution in [0, 0.1) is 0 Å². The van der Waals surface area contributed by atoms with Crippen molar-refractivity contribution in [1.29, 1.82) is 0 Å². The molecule has 1 amide bonds. The number of halogens is 4. The SMILES string of the molecule is COCCNCC(=O)NCCCC(F)(F)F.Cl. The molecule has 0 aromatic carbocycles. The van der Waals surface area contributed by atoms with E-state index in [2.05, 4.69) is 10.6 Å². The number of nitrogens with one attached hydrogen (secondary N) is 2. The Morgan fingerprint density at radius 1 is 1.29 bits per heavy atom. The number of carbonyl (C=O) groups is 1. The first-order valence-electron chi connectivity index (χ1n) is 4.99. The molecule has 0 aliphatic heterocycles. The van der Waals surface area contributed by atoms with E-state index in [1.54, 1.807) is 7.11 Å². The fraction of sp³-hybridized carbons (Fsp3) is 0.889. The van der Waals surface area contributed by atoms with Crippen molar-refractivity contribution in [3.63, 3.8) is 0 Å². The van der Waals surface area contributed by atoms with Gasteiger partial charge in [-0.2, -0.15) is 13.2 Å². The van der Waals surface area contributed by atoms with Crippen molar-refractivity contribution in [2.45, 2.75) is 19.0 Å². The molecule has 0 aliphatic rings. The Bertz CT molecular complexity index is 203. The molecule has 0 spiro atoms. The summed E-state index contributed by atoms with van der Waals surface area (Å²) in [7, 11) is 1.54. The summed E-state index contributed by atoms with van der Waals surface area (Å²) >= 11 is 0. The normalized spacial score (nSPS) is 10.8. The number of carbonyl (C=O) groups excluding carboxylic acids is 1. The van der Waals surface area contributed by atoms with Gasteiger partial charge in [-0.25, -0.2) is 0 Å². The maximum atomic E-state index is 11.7. The molecule has 0 aliphatic carbocycles. The van der Waals surface area contributed by atoms with Gasteiger partial charge >= 0.3 is 6.18 Å². The zero-order valence-corrected chi connectivity index (χ0v) is 10.4. The van der Waals surface area contributed by atoms with E-state index in [0.717, 1.165) is 0 Å². The molecular formula is C9H18ClF3N2O2. The van der Waals surface area contributed by atoms with Crippen molar-refractivity contribution in [3.8, 4) is 0 Å². The van der Waals surface area contributed by atoms with Crippen molar-refractivity contribution in [1.82, 2.24) is 10.6 Å². The monoisotopic (exact) mass is 278 g/mol. The molecule has 0 saturated carbocycles. The van der Waals surface area contributed by atoms with Crippen LogP contribution in [0.2, 0.25) is 0 Å². The molecule has 8 heteroatoms. The number of rotatable bonds is 8. The van der Waals surface area contributed by atoms with Crippen LogP contribution >= 0.6 is 12.4 Å². The van der Waals surface area contributed by atoms with Gasteiger partial charge in [-0.1, -0.05) is 0 Å². The third-order valence-corrected chi connectivity index (χ3v) is 1.73. The molecule has 0 bridgehead atoms. The molecule has 0 aromatic heterocycles. The maximum Gasteiger partial charge on any atom is 0.389 e. The Balaban J connectivity index is 0. The van der Waals surface area contributed by atoms with Crippen LogP contribution in [0.3, 0.4) is 0 Å². The highest BCUT2D eigenvalue weighted by Gasteiger charge is 2.25. The summed E-state index contributed by atoms with van der Waals surface area (Å²) < 4.78 is 39.9. The molecule has 0 fully saturated rings. The average molecular weight is 279 g/mol. The summed E-state index contributed by atoms with van der Waals surface area (Å²) in [4.78, 5) is 11.0. The Morgan fingerprint density at radius 3 is 2.47 bits per heavy atom. The first kappa shape index (κ1) is 18.8. The van der Waals surface area contributed by atoms with Crippen LogP contribution in [0.1, 0.15) is 12.8 Å². The molecule has 17 heavy (non-hydrogen) atoms. The number of hydrogen-bond donors (Lipinski definition) is 2. The molecule has 0 saturated heterocycles. The van der Waals surface area contributed by atoms with Gasteiger partial charge < -0.3 is 15.4 Å². The van der Waals surface area contributed by atoms with Crippen LogP contribution in [0.5, 0.6) is 0 Å². The molecule has 0 atom stereocenters. The predicted octanol–water partition coefficient (Wildman–Crippen LogP) is 1.10. The summed E-state index contributed by atoms with van der Waals surface area (Å²) in [5.74, 6) is -0.307. The second kappa shape index (κ2) is 10.6. The fourth-order valence-corrected chi connectivity index (χ4v) is 0.955. The van der Waals surface area contributed by atoms with Crippen LogP contribution in [0.25, 0.3) is 0 Å². The van der Waals surface area contributed by atoms with Crippen molar-refractivity contribution in [2.24, 2.45) is 0 Å². The minimum atomic E-state index is -4.15. The van der Waals surface area contributed by atoms with Crippen molar-refractivity contribution >= 4 is 18.3 Å². The lowest BCUT2D eigenvalue weighted by atomic mass is 10.3. The third-order valence-electron chi connectivity index (χ3n) is 1.73. The van der Waals surface area contributed by atoms with Gasteiger partial charge in [0.1, 0.15) is 0 Å². The fourth-order valence-electron chi connectivity index (χ4n) is 0.955. The van der Waals surface area contributed by atoms with Gasteiger partial charge in [0.2, 0.25) is 5.91 Å². The van der Waals surface area contributed by atoms with E-state index in [-0.39, 0.29) is 37.8 Å². The second-order valence-electron chi connectivity index (χ2n) is 3.24. The number of alkyl halides is 3. The zero-order chi connectivity index (χ0) is 12.4. The molecule has 0 aromatic rings. The van der Waals surface area contributed by atoms with E-state index in [0.29, 0.717) is 13.2 Å². The highest BCUT2D eigenvalue weighted by molar-refractivity contribution is 5.85. The Hall–Kier alpha value is -0.530. The van der Waals surface area contributed by atoms with E-state index in [4.69, 9.17) is 4.74 Å². The van der Waals surface area contributed by atoms with E-state index in [1.807, 2.05) is 0 Å². The van der Waals surface area contributed by atoms with Gasteiger partial charge in [0.15, 0.2) is 0 Å². The minimum absolute atomic E-state index is 0. The largest absolute Gasteiger partial charge is 0.389 e. The van der Waals surface area contributed by atoms with Crippen LogP contribution in [-0.2, 0) is 9.53 Å². The van der Waals surface area contributed by atoms with E-state index in [1.165, 1.54) is 0 Å². The summed E-state index contributed by atoms with van der Waals surface area (Å²) in [5, 5.41) is 5.17. The van der Waals surface area contributed by atoms with Gasteiger partial charge in [0, 0.05) is 26.6 Å². The van der Waals surface area contributed by atoms with Crippen LogP contribution in [-0.4, -0.2) is 45.4 Å². The first-order chi connectivity index (χ1) is 7.45. The van der Waals surface area contributed by atoms with E-state index >= 15 is 0 Å². The number of ether oxygens (including phenoxy) is 1. The molecule has 2 N–H and O–H groups in total. The van der Waals surface area contributed by atoms with Crippen LogP contribution < -0.4 is 10.6 Å². The highest BCUT2D eigenvalue weighted by Crippen LogP contribution is 2.20. The molecule has 0 heterocycles.